The van der Waals surface area contributed by atoms with Gasteiger partial charge in [-0.25, -0.2) is 0 Å². The molecule has 0 unspecified atom stereocenters. The molecule has 0 saturated heterocycles. The largest absolute Gasteiger partial charge is 0.486 e. The van der Waals surface area contributed by atoms with E-state index >= 15 is 0 Å². The first kappa shape index (κ1) is 14.2. The van der Waals surface area contributed by atoms with Gasteiger partial charge in [0.05, 0.1) is 5.69 Å². The number of fused-ring (bicyclic) bond motifs is 1. The van der Waals surface area contributed by atoms with Crippen LogP contribution < -0.4 is 14.8 Å². The van der Waals surface area contributed by atoms with Crippen LogP contribution in [0.2, 0.25) is 0 Å². The number of benzene rings is 1. The highest BCUT2D eigenvalue weighted by Gasteiger charge is 2.15. The third kappa shape index (κ3) is 3.86. The second-order valence-corrected chi connectivity index (χ2v) is 5.34. The number of carbonyl (C=O) groups excluding carboxylic acids is 1. The maximum atomic E-state index is 11.8. The zero-order valence-corrected chi connectivity index (χ0v) is 12.6. The highest BCUT2D eigenvalue weighted by molar-refractivity contribution is 9.10. The molecule has 1 aliphatic rings. The Morgan fingerprint density at radius 2 is 1.95 bits per heavy atom. The van der Waals surface area contributed by atoms with E-state index in [1.54, 1.807) is 6.07 Å². The lowest BCUT2D eigenvalue weighted by Crippen LogP contribution is -2.16. The maximum absolute atomic E-state index is 11.8. The van der Waals surface area contributed by atoms with E-state index in [1.807, 2.05) is 6.07 Å². The molecule has 0 radical (unpaired) electrons. The van der Waals surface area contributed by atoms with E-state index < -0.39 is 0 Å². The van der Waals surface area contributed by atoms with E-state index in [-0.39, 0.29) is 5.91 Å². The van der Waals surface area contributed by atoms with Crippen LogP contribution in [0.5, 0.6) is 11.5 Å². The summed E-state index contributed by atoms with van der Waals surface area (Å²) in [5.41, 5.74) is 0.728. The summed E-state index contributed by atoms with van der Waals surface area (Å²) in [5, 5.41) is 2.90. The first-order valence-electron chi connectivity index (χ1n) is 6.59. The van der Waals surface area contributed by atoms with Gasteiger partial charge in [-0.3, -0.25) is 4.79 Å². The molecular weight excluding hydrogens is 310 g/mol. The molecule has 0 fully saturated rings. The predicted octanol–water partition coefficient (Wildman–Crippen LogP) is 3.74. The van der Waals surface area contributed by atoms with Gasteiger partial charge < -0.3 is 14.8 Å². The Labute approximate surface area is 121 Å². The molecule has 1 aliphatic heterocycles. The normalized spacial score (nSPS) is 13.2. The minimum atomic E-state index is 0.0332. The van der Waals surface area contributed by atoms with Crippen LogP contribution in [-0.2, 0) is 4.79 Å². The van der Waals surface area contributed by atoms with Crippen LogP contribution in [0.25, 0.3) is 0 Å². The van der Waals surface area contributed by atoms with Crippen LogP contribution in [0.3, 0.4) is 0 Å². The quantitative estimate of drug-likeness (QED) is 0.838. The van der Waals surface area contributed by atoms with Crippen molar-refractivity contribution in [2.24, 2.45) is 0 Å². The first-order valence-corrected chi connectivity index (χ1v) is 7.39. The number of hydrogen-bond acceptors (Lipinski definition) is 3. The van der Waals surface area contributed by atoms with Crippen molar-refractivity contribution in [3.63, 3.8) is 0 Å². The molecule has 0 spiro atoms. The number of amides is 1. The fourth-order valence-electron chi connectivity index (χ4n) is 1.91. The molecule has 1 aromatic carbocycles. The predicted molar refractivity (Wildman–Crippen MR) is 77.9 cm³/mol. The number of rotatable bonds is 5. The first-order chi connectivity index (χ1) is 9.20. The standard InChI is InChI=1S/C14H18BrNO3/c1-2-3-4-5-14(17)16-11-9-13-12(8-10(11)15)18-6-7-19-13/h8-9H,2-7H2,1H3,(H,16,17). The second kappa shape index (κ2) is 6.80. The molecule has 0 bridgehead atoms. The fourth-order valence-corrected chi connectivity index (χ4v) is 2.33. The second-order valence-electron chi connectivity index (χ2n) is 4.48. The monoisotopic (exact) mass is 327 g/mol. The van der Waals surface area contributed by atoms with E-state index in [0.29, 0.717) is 31.1 Å². The van der Waals surface area contributed by atoms with Gasteiger partial charge in [0.25, 0.3) is 0 Å². The van der Waals surface area contributed by atoms with E-state index in [1.165, 1.54) is 0 Å². The minimum absolute atomic E-state index is 0.0332. The number of halogens is 1. The van der Waals surface area contributed by atoms with Crippen LogP contribution in [0, 0.1) is 0 Å². The number of hydrogen-bond donors (Lipinski definition) is 1. The van der Waals surface area contributed by atoms with Gasteiger partial charge in [0.1, 0.15) is 13.2 Å². The van der Waals surface area contributed by atoms with Crippen molar-refractivity contribution in [2.75, 3.05) is 18.5 Å². The Kier molecular flexibility index (Phi) is 5.07. The maximum Gasteiger partial charge on any atom is 0.224 e. The molecule has 0 aliphatic carbocycles. The lowest BCUT2D eigenvalue weighted by molar-refractivity contribution is -0.116. The molecule has 1 N–H and O–H groups in total. The number of anilines is 1. The Morgan fingerprint density at radius 1 is 1.26 bits per heavy atom. The Balaban J connectivity index is 2.01. The van der Waals surface area contributed by atoms with Crippen molar-refractivity contribution in [3.05, 3.63) is 16.6 Å². The van der Waals surface area contributed by atoms with Gasteiger partial charge in [-0.15, -0.1) is 0 Å². The molecule has 104 valence electrons. The molecule has 1 aromatic rings. The zero-order valence-electron chi connectivity index (χ0n) is 11.0. The van der Waals surface area contributed by atoms with Gasteiger partial charge in [-0.2, -0.15) is 0 Å². The van der Waals surface area contributed by atoms with Gasteiger partial charge in [0.15, 0.2) is 11.5 Å². The van der Waals surface area contributed by atoms with Gasteiger partial charge >= 0.3 is 0 Å². The smallest absolute Gasteiger partial charge is 0.224 e. The van der Waals surface area contributed by atoms with Crippen LogP contribution in [0.15, 0.2) is 16.6 Å². The van der Waals surface area contributed by atoms with Crippen LogP contribution in [0.4, 0.5) is 5.69 Å². The summed E-state index contributed by atoms with van der Waals surface area (Å²) in [6.45, 7) is 3.22. The number of nitrogens with one attached hydrogen (secondary N) is 1. The average Bonchev–Trinajstić information content (AvgIpc) is 2.40. The van der Waals surface area contributed by atoms with E-state index in [2.05, 4.69) is 28.2 Å². The van der Waals surface area contributed by atoms with Crippen molar-refractivity contribution < 1.29 is 14.3 Å². The Bertz CT molecular complexity index is 462. The van der Waals surface area contributed by atoms with Gasteiger partial charge in [-0.1, -0.05) is 19.8 Å². The van der Waals surface area contributed by atoms with E-state index in [9.17, 15) is 4.79 Å². The molecule has 1 amide bonds. The molecule has 19 heavy (non-hydrogen) atoms. The molecule has 0 atom stereocenters. The highest BCUT2D eigenvalue weighted by atomic mass is 79.9. The van der Waals surface area contributed by atoms with Crippen molar-refractivity contribution in [1.82, 2.24) is 0 Å². The summed E-state index contributed by atoms with van der Waals surface area (Å²) in [6, 6.07) is 3.63. The molecule has 0 saturated carbocycles. The summed E-state index contributed by atoms with van der Waals surface area (Å²) in [6.07, 6.45) is 3.66. The number of ether oxygens (including phenoxy) is 2. The molecule has 0 aromatic heterocycles. The third-order valence-corrected chi connectivity index (χ3v) is 3.57. The SMILES string of the molecule is CCCCCC(=O)Nc1cc2c(cc1Br)OCCO2. The van der Waals surface area contributed by atoms with Gasteiger partial charge in [-0.05, 0) is 22.4 Å². The van der Waals surface area contributed by atoms with E-state index in [0.717, 1.165) is 29.4 Å². The Hall–Kier alpha value is -1.23. The third-order valence-electron chi connectivity index (χ3n) is 2.91. The summed E-state index contributed by atoms with van der Waals surface area (Å²) < 4.78 is 11.8. The van der Waals surface area contributed by atoms with E-state index in [4.69, 9.17) is 9.47 Å². The van der Waals surface area contributed by atoms with Gasteiger partial charge in [0.2, 0.25) is 5.91 Å². The van der Waals surface area contributed by atoms with Crippen molar-refractivity contribution in [1.29, 1.82) is 0 Å². The number of carbonyl (C=O) groups is 1. The molecule has 2 rings (SSSR count). The van der Waals surface area contributed by atoms with Crippen LogP contribution in [-0.4, -0.2) is 19.1 Å². The lowest BCUT2D eigenvalue weighted by Gasteiger charge is -2.20. The lowest BCUT2D eigenvalue weighted by atomic mass is 10.2. The topological polar surface area (TPSA) is 47.6 Å². The molecular formula is C14H18BrNO3. The number of unbranched alkanes of at least 4 members (excludes halogenated alkanes) is 2. The van der Waals surface area contributed by atoms with Crippen molar-refractivity contribution in [3.8, 4) is 11.5 Å². The summed E-state index contributed by atoms with van der Waals surface area (Å²) in [5.74, 6) is 1.42. The minimum Gasteiger partial charge on any atom is -0.486 e. The van der Waals surface area contributed by atoms with Crippen molar-refractivity contribution >= 4 is 27.5 Å². The summed E-state index contributed by atoms with van der Waals surface area (Å²) in [4.78, 5) is 11.8. The zero-order chi connectivity index (χ0) is 13.7. The average molecular weight is 328 g/mol. The fraction of sp³-hybridized carbons (Fsp3) is 0.500. The molecule has 1 heterocycles. The molecule has 5 heteroatoms. The summed E-state index contributed by atoms with van der Waals surface area (Å²) in [7, 11) is 0. The van der Waals surface area contributed by atoms with Crippen LogP contribution in [0.1, 0.15) is 32.6 Å². The summed E-state index contributed by atoms with van der Waals surface area (Å²) >= 11 is 3.44. The van der Waals surface area contributed by atoms with Gasteiger partial charge in [0, 0.05) is 23.0 Å². The Morgan fingerprint density at radius 3 is 2.63 bits per heavy atom. The highest BCUT2D eigenvalue weighted by Crippen LogP contribution is 2.38. The van der Waals surface area contributed by atoms with Crippen LogP contribution >= 0.6 is 15.9 Å². The van der Waals surface area contributed by atoms with Crippen molar-refractivity contribution in [2.45, 2.75) is 32.6 Å². The molecule has 4 nitrogen and oxygen atoms in total.